The Morgan fingerprint density at radius 1 is 1.07 bits per heavy atom. The number of halogens is 2. The van der Waals surface area contributed by atoms with Crippen molar-refractivity contribution in [1.82, 2.24) is 20.1 Å². The highest BCUT2D eigenvalue weighted by Crippen LogP contribution is 2.40. The van der Waals surface area contributed by atoms with E-state index in [1.165, 1.54) is 6.07 Å². The number of hydrogen-bond donors (Lipinski definition) is 3. The van der Waals surface area contributed by atoms with E-state index >= 15 is 0 Å². The van der Waals surface area contributed by atoms with Gasteiger partial charge in [-0.3, -0.25) is 19.5 Å². The summed E-state index contributed by atoms with van der Waals surface area (Å²) in [5.74, 6) is -1.30. The maximum atomic E-state index is 14.6. The molecule has 41 heavy (non-hydrogen) atoms. The molecule has 1 fully saturated rings. The fourth-order valence-electron chi connectivity index (χ4n) is 4.66. The Labute approximate surface area is 241 Å². The molecule has 10 heteroatoms. The average molecular weight is 576 g/mol. The second kappa shape index (κ2) is 11.3. The highest BCUT2D eigenvalue weighted by atomic mass is 35.5. The molecule has 0 aliphatic heterocycles. The first-order valence-electron chi connectivity index (χ1n) is 13.5. The highest BCUT2D eigenvalue weighted by molar-refractivity contribution is 6.31. The van der Waals surface area contributed by atoms with Gasteiger partial charge in [0.1, 0.15) is 6.04 Å². The van der Waals surface area contributed by atoms with Crippen molar-refractivity contribution in [2.24, 2.45) is 0 Å². The van der Waals surface area contributed by atoms with Crippen LogP contribution in [0.25, 0.3) is 22.3 Å². The van der Waals surface area contributed by atoms with Crippen molar-refractivity contribution in [1.29, 1.82) is 0 Å². The fraction of sp³-hybridized carbons (Fsp3) is 0.290. The summed E-state index contributed by atoms with van der Waals surface area (Å²) in [5, 5.41) is 12.8. The van der Waals surface area contributed by atoms with E-state index < -0.39 is 23.5 Å². The van der Waals surface area contributed by atoms with Gasteiger partial charge in [-0.05, 0) is 86.2 Å². The summed E-state index contributed by atoms with van der Waals surface area (Å²) in [4.78, 5) is 38.3. The molecule has 1 aliphatic rings. The summed E-state index contributed by atoms with van der Waals surface area (Å²) < 4.78 is 16.2. The van der Waals surface area contributed by atoms with Crippen molar-refractivity contribution >= 4 is 29.1 Å². The predicted molar refractivity (Wildman–Crippen MR) is 158 cm³/mol. The lowest BCUT2D eigenvalue weighted by Gasteiger charge is -2.21. The number of amides is 2. The maximum Gasteiger partial charge on any atom is 0.258 e. The summed E-state index contributed by atoms with van der Waals surface area (Å²) in [7, 11) is 0. The molecular weight excluding hydrogens is 545 g/mol. The number of aromatic amines is 1. The van der Waals surface area contributed by atoms with Gasteiger partial charge in [0.15, 0.2) is 5.67 Å². The quantitative estimate of drug-likeness (QED) is 0.241. The van der Waals surface area contributed by atoms with Gasteiger partial charge in [-0.15, -0.1) is 0 Å². The fourth-order valence-corrected chi connectivity index (χ4v) is 4.85. The molecule has 1 saturated carbocycles. The van der Waals surface area contributed by atoms with Crippen LogP contribution in [-0.2, 0) is 16.0 Å². The van der Waals surface area contributed by atoms with Gasteiger partial charge in [-0.2, -0.15) is 5.10 Å². The zero-order valence-corrected chi connectivity index (χ0v) is 23.8. The van der Waals surface area contributed by atoms with Gasteiger partial charge in [0.25, 0.3) is 11.5 Å². The first kappa shape index (κ1) is 28.3. The second-order valence-electron chi connectivity index (χ2n) is 10.7. The number of H-pyrrole nitrogens is 1. The number of nitrogens with zero attached hydrogens (tertiary/aromatic N) is 2. The molecule has 8 nitrogen and oxygen atoms in total. The number of benzene rings is 2. The number of aromatic nitrogens is 3. The first-order chi connectivity index (χ1) is 19.5. The van der Waals surface area contributed by atoms with E-state index in [4.69, 9.17) is 11.6 Å². The number of carbonyl (C=O) groups is 2. The summed E-state index contributed by atoms with van der Waals surface area (Å²) in [6.45, 7) is 5.75. The normalized spacial score (nSPS) is 14.5. The van der Waals surface area contributed by atoms with Crippen LogP contribution >= 0.6 is 11.6 Å². The van der Waals surface area contributed by atoms with Gasteiger partial charge in [-0.1, -0.05) is 29.8 Å². The minimum atomic E-state index is -1.95. The van der Waals surface area contributed by atoms with E-state index in [9.17, 15) is 18.8 Å². The van der Waals surface area contributed by atoms with Crippen LogP contribution in [0.3, 0.4) is 0 Å². The summed E-state index contributed by atoms with van der Waals surface area (Å²) >= 11 is 6.54. The van der Waals surface area contributed by atoms with Crippen LogP contribution < -0.4 is 16.2 Å². The average Bonchev–Trinajstić information content (AvgIpc) is 3.56. The Kier molecular flexibility index (Phi) is 7.82. The lowest BCUT2D eigenvalue weighted by atomic mass is 9.99. The third-order valence-electron chi connectivity index (χ3n) is 7.31. The maximum absolute atomic E-state index is 14.6. The van der Waals surface area contributed by atoms with Crippen molar-refractivity contribution in [2.75, 3.05) is 5.32 Å². The number of nitrogens with one attached hydrogen (secondary N) is 3. The minimum absolute atomic E-state index is 0.0225. The standard InChI is InChI=1S/C31H31ClFN5O3/c1-18(2)38-17-22(7-11-28(38)39)21-6-10-26(32)23(14-21)15-27(36-30(41)31(33)12-13-31)29(40)35-24-8-4-20(5-9-24)25-16-34-37-19(25)3/h4-11,14,16-18,27H,12-13,15H2,1-3H3,(H,34,37)(H,35,40)(H,36,41)/t27-/m0/s1. The Hall–Kier alpha value is -4.24. The molecule has 5 rings (SSSR count). The van der Waals surface area contributed by atoms with E-state index in [0.717, 1.165) is 27.9 Å². The SMILES string of the molecule is Cc1n[nH]cc1-c1ccc(NC(=O)[C@H](Cc2cc(-c3ccc(=O)n(C(C)C)c3)ccc2Cl)NC(=O)C2(F)CC2)cc1. The number of anilines is 1. The van der Waals surface area contributed by atoms with Gasteiger partial charge in [0, 0.05) is 47.2 Å². The van der Waals surface area contributed by atoms with Crippen LogP contribution in [0, 0.1) is 6.92 Å². The molecule has 1 atom stereocenters. The van der Waals surface area contributed by atoms with E-state index in [0.29, 0.717) is 16.3 Å². The molecule has 3 N–H and O–H groups in total. The van der Waals surface area contributed by atoms with E-state index in [1.54, 1.807) is 41.2 Å². The molecule has 2 amide bonds. The number of alkyl halides is 1. The molecule has 4 aromatic rings. The van der Waals surface area contributed by atoms with Gasteiger partial charge in [0.05, 0.1) is 5.69 Å². The zero-order chi connectivity index (χ0) is 29.3. The first-order valence-corrected chi connectivity index (χ1v) is 13.8. The molecule has 0 saturated heterocycles. The summed E-state index contributed by atoms with van der Waals surface area (Å²) in [6.07, 6.45) is 3.87. The molecule has 1 aliphatic carbocycles. The van der Waals surface area contributed by atoms with Gasteiger partial charge in [-0.25, -0.2) is 4.39 Å². The van der Waals surface area contributed by atoms with E-state index in [1.807, 2.05) is 45.0 Å². The molecule has 2 aromatic carbocycles. The van der Waals surface area contributed by atoms with Crippen LogP contribution in [0.5, 0.6) is 0 Å². The highest BCUT2D eigenvalue weighted by Gasteiger charge is 2.51. The minimum Gasteiger partial charge on any atom is -0.341 e. The Morgan fingerprint density at radius 2 is 1.76 bits per heavy atom. The molecule has 212 valence electrons. The number of hydrogen-bond acceptors (Lipinski definition) is 4. The molecule has 0 unspecified atom stereocenters. The van der Waals surface area contributed by atoms with Crippen molar-refractivity contribution in [2.45, 2.75) is 57.8 Å². The van der Waals surface area contributed by atoms with Crippen LogP contribution in [0.2, 0.25) is 5.02 Å². The third kappa shape index (κ3) is 6.25. The molecule has 2 aromatic heterocycles. The van der Waals surface area contributed by atoms with Crippen molar-refractivity contribution in [3.8, 4) is 22.3 Å². The topological polar surface area (TPSA) is 109 Å². The Balaban J connectivity index is 1.40. The predicted octanol–water partition coefficient (Wildman–Crippen LogP) is 5.62. The third-order valence-corrected chi connectivity index (χ3v) is 7.68. The molecule has 0 spiro atoms. The van der Waals surface area contributed by atoms with E-state index in [2.05, 4.69) is 20.8 Å². The largest absolute Gasteiger partial charge is 0.341 e. The number of rotatable bonds is 9. The summed E-state index contributed by atoms with van der Waals surface area (Å²) in [5.41, 5.74) is 3.39. The monoisotopic (exact) mass is 575 g/mol. The van der Waals surface area contributed by atoms with Gasteiger partial charge >= 0.3 is 0 Å². The molecule has 0 bridgehead atoms. The van der Waals surface area contributed by atoms with Gasteiger partial charge < -0.3 is 15.2 Å². The van der Waals surface area contributed by atoms with Crippen LogP contribution in [0.1, 0.15) is 44.0 Å². The van der Waals surface area contributed by atoms with Crippen molar-refractivity contribution in [3.05, 3.63) is 93.6 Å². The Morgan fingerprint density at radius 3 is 2.39 bits per heavy atom. The van der Waals surface area contributed by atoms with Gasteiger partial charge in [0.2, 0.25) is 5.91 Å². The van der Waals surface area contributed by atoms with Crippen LogP contribution in [-0.4, -0.2) is 38.3 Å². The molecule has 0 radical (unpaired) electrons. The number of carbonyl (C=O) groups excluding carboxylic acids is 2. The zero-order valence-electron chi connectivity index (χ0n) is 23.0. The smallest absolute Gasteiger partial charge is 0.258 e. The number of pyridine rings is 1. The molecule has 2 heterocycles. The molecular formula is C31H31ClFN5O3. The summed E-state index contributed by atoms with van der Waals surface area (Å²) in [6, 6.07) is 14.7. The van der Waals surface area contributed by atoms with Crippen molar-refractivity contribution in [3.63, 3.8) is 0 Å². The second-order valence-corrected chi connectivity index (χ2v) is 11.1. The lowest BCUT2D eigenvalue weighted by Crippen LogP contribution is -2.48. The Bertz CT molecular complexity index is 1660. The van der Waals surface area contributed by atoms with Crippen LogP contribution in [0.15, 0.2) is 71.8 Å². The van der Waals surface area contributed by atoms with Crippen molar-refractivity contribution < 1.29 is 14.0 Å². The van der Waals surface area contributed by atoms with E-state index in [-0.39, 0.29) is 30.9 Å². The number of aryl methyl sites for hydroxylation is 1. The lowest BCUT2D eigenvalue weighted by molar-refractivity contribution is -0.131. The van der Waals surface area contributed by atoms with Crippen LogP contribution in [0.4, 0.5) is 10.1 Å².